The van der Waals surface area contributed by atoms with Gasteiger partial charge in [-0.15, -0.1) is 0 Å². The fourth-order valence-corrected chi connectivity index (χ4v) is 2.63. The first-order valence-corrected chi connectivity index (χ1v) is 7.83. The van der Waals surface area contributed by atoms with E-state index in [1.165, 1.54) is 0 Å². The topological polar surface area (TPSA) is 61.4 Å². The quantitative estimate of drug-likeness (QED) is 0.812. The van der Waals surface area contributed by atoms with Crippen molar-refractivity contribution >= 4 is 11.9 Å². The molecule has 0 radical (unpaired) electrons. The number of nitrogens with zero attached hydrogens (tertiary/aromatic N) is 1. The molecule has 0 spiro atoms. The van der Waals surface area contributed by atoms with E-state index in [9.17, 15) is 9.59 Å². The van der Waals surface area contributed by atoms with Crippen LogP contribution in [0.15, 0.2) is 0 Å². The molecule has 0 aliphatic carbocycles. The molecule has 1 aliphatic rings. The van der Waals surface area contributed by atoms with Gasteiger partial charge in [-0.25, -0.2) is 4.79 Å². The van der Waals surface area contributed by atoms with E-state index in [1.54, 1.807) is 0 Å². The molecule has 0 aromatic heterocycles. The number of hydrogen-bond acceptors (Lipinski definition) is 2. The lowest BCUT2D eigenvalue weighted by molar-refractivity contribution is -0.136. The maximum Gasteiger partial charge on any atom is 0.315 e. The molecule has 0 saturated carbocycles. The zero-order chi connectivity index (χ0) is 15.1. The van der Waals surface area contributed by atoms with E-state index in [0.29, 0.717) is 0 Å². The third kappa shape index (κ3) is 5.02. The Hall–Kier alpha value is -1.26. The second kappa shape index (κ2) is 8.12. The molecule has 1 saturated heterocycles. The van der Waals surface area contributed by atoms with E-state index in [-0.39, 0.29) is 29.9 Å². The van der Waals surface area contributed by atoms with Crippen LogP contribution >= 0.6 is 0 Å². The first kappa shape index (κ1) is 16.8. The highest BCUT2D eigenvalue weighted by atomic mass is 16.2. The molecule has 116 valence electrons. The van der Waals surface area contributed by atoms with Crippen molar-refractivity contribution in [2.24, 2.45) is 5.92 Å². The van der Waals surface area contributed by atoms with Crippen LogP contribution in [0.5, 0.6) is 0 Å². The number of likely N-dealkylation sites (tertiary alicyclic amines) is 1. The summed E-state index contributed by atoms with van der Waals surface area (Å²) in [5.74, 6) is 0.434. The van der Waals surface area contributed by atoms with Crippen LogP contribution in [-0.2, 0) is 4.79 Å². The number of rotatable bonds is 5. The molecule has 0 unspecified atom stereocenters. The van der Waals surface area contributed by atoms with Crippen molar-refractivity contribution in [3.05, 3.63) is 0 Å². The number of nitrogens with one attached hydrogen (secondary N) is 2. The number of carbonyl (C=O) groups excluding carboxylic acids is 2. The van der Waals surface area contributed by atoms with Crippen LogP contribution in [0.4, 0.5) is 4.79 Å². The van der Waals surface area contributed by atoms with Gasteiger partial charge in [0, 0.05) is 31.1 Å². The Morgan fingerprint density at radius 2 is 1.70 bits per heavy atom. The van der Waals surface area contributed by atoms with E-state index in [1.807, 2.05) is 18.7 Å². The van der Waals surface area contributed by atoms with Gasteiger partial charge >= 0.3 is 6.03 Å². The van der Waals surface area contributed by atoms with Crippen molar-refractivity contribution in [2.75, 3.05) is 13.1 Å². The van der Waals surface area contributed by atoms with Crippen LogP contribution in [0.2, 0.25) is 0 Å². The molecule has 0 atom stereocenters. The number of hydrogen-bond donors (Lipinski definition) is 2. The van der Waals surface area contributed by atoms with Crippen molar-refractivity contribution in [1.82, 2.24) is 15.5 Å². The molecule has 1 heterocycles. The minimum absolute atomic E-state index is 0.107. The highest BCUT2D eigenvalue weighted by molar-refractivity contribution is 5.79. The van der Waals surface area contributed by atoms with E-state index >= 15 is 0 Å². The lowest BCUT2D eigenvalue weighted by Gasteiger charge is -2.34. The molecule has 0 bridgehead atoms. The van der Waals surface area contributed by atoms with Crippen molar-refractivity contribution < 1.29 is 9.59 Å². The number of carbonyl (C=O) groups is 2. The number of urea groups is 1. The average Bonchev–Trinajstić information content (AvgIpc) is 2.39. The second-order valence-electron chi connectivity index (χ2n) is 5.89. The average molecular weight is 283 g/mol. The van der Waals surface area contributed by atoms with E-state index in [0.717, 1.165) is 38.8 Å². The molecular formula is C15H29N3O2. The lowest BCUT2D eigenvalue weighted by atomic mass is 9.98. The van der Waals surface area contributed by atoms with Crippen molar-refractivity contribution in [1.29, 1.82) is 0 Å². The minimum atomic E-state index is -0.107. The Bertz CT molecular complexity index is 319. The fourth-order valence-electron chi connectivity index (χ4n) is 2.63. The zero-order valence-electron chi connectivity index (χ0n) is 13.2. The van der Waals surface area contributed by atoms with Gasteiger partial charge in [-0.05, 0) is 39.5 Å². The minimum Gasteiger partial charge on any atom is -0.342 e. The maximum atomic E-state index is 12.3. The van der Waals surface area contributed by atoms with Gasteiger partial charge in [0.15, 0.2) is 0 Å². The Morgan fingerprint density at radius 3 is 2.15 bits per heavy atom. The Kier molecular flexibility index (Phi) is 6.82. The normalized spacial score (nSPS) is 16.6. The molecule has 0 aromatic rings. The highest BCUT2D eigenvalue weighted by Gasteiger charge is 2.27. The van der Waals surface area contributed by atoms with Gasteiger partial charge in [-0.2, -0.15) is 0 Å². The molecular weight excluding hydrogens is 254 g/mol. The van der Waals surface area contributed by atoms with Crippen LogP contribution in [0.3, 0.4) is 0 Å². The van der Waals surface area contributed by atoms with Crippen molar-refractivity contribution in [3.8, 4) is 0 Å². The monoisotopic (exact) mass is 283 g/mol. The van der Waals surface area contributed by atoms with Gasteiger partial charge in [-0.1, -0.05) is 13.8 Å². The SMILES string of the molecule is CCC(CC)C(=O)N1CCC(NC(=O)NC(C)C)CC1. The summed E-state index contributed by atoms with van der Waals surface area (Å²) in [4.78, 5) is 25.9. The van der Waals surface area contributed by atoms with Crippen LogP contribution in [-0.4, -0.2) is 42.0 Å². The van der Waals surface area contributed by atoms with Crippen LogP contribution in [0.25, 0.3) is 0 Å². The summed E-state index contributed by atoms with van der Waals surface area (Å²) in [6.45, 7) is 9.52. The second-order valence-corrected chi connectivity index (χ2v) is 5.89. The van der Waals surface area contributed by atoms with Gasteiger partial charge in [-0.3, -0.25) is 4.79 Å². The Balaban J connectivity index is 2.36. The van der Waals surface area contributed by atoms with Crippen LogP contribution < -0.4 is 10.6 Å². The standard InChI is InChI=1S/C15H29N3O2/c1-5-12(6-2)14(19)18-9-7-13(8-10-18)17-15(20)16-11(3)4/h11-13H,5-10H2,1-4H3,(H2,16,17,20). The highest BCUT2D eigenvalue weighted by Crippen LogP contribution is 2.17. The first-order chi connectivity index (χ1) is 9.47. The number of piperidine rings is 1. The molecule has 5 nitrogen and oxygen atoms in total. The zero-order valence-corrected chi connectivity index (χ0v) is 13.2. The molecule has 1 rings (SSSR count). The lowest BCUT2D eigenvalue weighted by Crippen LogP contribution is -2.50. The van der Waals surface area contributed by atoms with Gasteiger partial charge < -0.3 is 15.5 Å². The Morgan fingerprint density at radius 1 is 1.15 bits per heavy atom. The summed E-state index contributed by atoms with van der Waals surface area (Å²) in [5, 5.41) is 5.81. The van der Waals surface area contributed by atoms with Gasteiger partial charge in [0.1, 0.15) is 0 Å². The Labute approximate surface area is 122 Å². The van der Waals surface area contributed by atoms with Crippen LogP contribution in [0.1, 0.15) is 53.4 Å². The van der Waals surface area contributed by atoms with E-state index in [4.69, 9.17) is 0 Å². The predicted octanol–water partition coefficient (Wildman–Crippen LogP) is 2.12. The van der Waals surface area contributed by atoms with Gasteiger partial charge in [0.05, 0.1) is 0 Å². The summed E-state index contributed by atoms with van der Waals surface area (Å²) < 4.78 is 0. The smallest absolute Gasteiger partial charge is 0.315 e. The molecule has 1 fully saturated rings. The summed E-state index contributed by atoms with van der Waals surface area (Å²) >= 11 is 0. The third-order valence-electron chi connectivity index (χ3n) is 3.90. The summed E-state index contributed by atoms with van der Waals surface area (Å²) in [7, 11) is 0. The molecule has 2 N–H and O–H groups in total. The summed E-state index contributed by atoms with van der Waals surface area (Å²) in [6, 6.07) is 0.218. The van der Waals surface area contributed by atoms with Gasteiger partial charge in [0.2, 0.25) is 5.91 Å². The molecule has 20 heavy (non-hydrogen) atoms. The third-order valence-corrected chi connectivity index (χ3v) is 3.90. The molecule has 3 amide bonds. The van der Waals surface area contributed by atoms with E-state index < -0.39 is 0 Å². The maximum absolute atomic E-state index is 12.3. The first-order valence-electron chi connectivity index (χ1n) is 7.83. The molecule has 5 heteroatoms. The molecule has 1 aliphatic heterocycles. The largest absolute Gasteiger partial charge is 0.342 e. The number of amides is 3. The summed E-state index contributed by atoms with van der Waals surface area (Å²) in [5.41, 5.74) is 0. The van der Waals surface area contributed by atoms with Gasteiger partial charge in [0.25, 0.3) is 0 Å². The summed E-state index contributed by atoms with van der Waals surface area (Å²) in [6.07, 6.45) is 3.50. The van der Waals surface area contributed by atoms with Crippen LogP contribution in [0, 0.1) is 5.92 Å². The van der Waals surface area contributed by atoms with Crippen molar-refractivity contribution in [2.45, 2.75) is 65.5 Å². The van der Waals surface area contributed by atoms with E-state index in [2.05, 4.69) is 24.5 Å². The fraction of sp³-hybridized carbons (Fsp3) is 0.867. The predicted molar refractivity (Wildman–Crippen MR) is 80.5 cm³/mol. The van der Waals surface area contributed by atoms with Crippen molar-refractivity contribution in [3.63, 3.8) is 0 Å². The molecule has 0 aromatic carbocycles.